The van der Waals surface area contributed by atoms with Crippen LogP contribution >= 0.6 is 0 Å². The van der Waals surface area contributed by atoms with Gasteiger partial charge in [0.1, 0.15) is 11.4 Å². The zero-order chi connectivity index (χ0) is 15.5. The minimum absolute atomic E-state index is 0.340. The maximum Gasteiger partial charge on any atom is 0.180 e. The summed E-state index contributed by atoms with van der Waals surface area (Å²) < 4.78 is 7.15. The first-order valence-electron chi connectivity index (χ1n) is 7.21. The van der Waals surface area contributed by atoms with Gasteiger partial charge in [0.15, 0.2) is 5.82 Å². The molecular weight excluding hydrogens is 276 g/mol. The molecule has 3 rings (SSSR count). The molecule has 2 heterocycles. The van der Waals surface area contributed by atoms with Gasteiger partial charge in [0.25, 0.3) is 0 Å². The first-order valence-corrected chi connectivity index (χ1v) is 7.21. The quantitative estimate of drug-likeness (QED) is 0.739. The van der Waals surface area contributed by atoms with Gasteiger partial charge in [-0.2, -0.15) is 5.10 Å². The molecule has 0 aliphatic carbocycles. The molecule has 22 heavy (non-hydrogen) atoms. The van der Waals surface area contributed by atoms with Crippen molar-refractivity contribution >= 4 is 0 Å². The van der Waals surface area contributed by atoms with Gasteiger partial charge in [0, 0.05) is 18.1 Å². The van der Waals surface area contributed by atoms with E-state index in [1.165, 1.54) is 0 Å². The molecule has 0 spiro atoms. The summed E-state index contributed by atoms with van der Waals surface area (Å²) in [5, 5.41) is 4.68. The first-order chi connectivity index (χ1) is 10.7. The van der Waals surface area contributed by atoms with Crippen molar-refractivity contribution in [3.05, 3.63) is 54.5 Å². The predicted molar refractivity (Wildman–Crippen MR) is 85.2 cm³/mol. The average Bonchev–Trinajstić information content (AvgIpc) is 3.01. The van der Waals surface area contributed by atoms with E-state index >= 15 is 0 Å². The molecule has 112 valence electrons. The van der Waals surface area contributed by atoms with Crippen molar-refractivity contribution in [2.45, 2.75) is 19.8 Å². The van der Waals surface area contributed by atoms with Crippen LogP contribution in [0.15, 0.2) is 48.8 Å². The highest BCUT2D eigenvalue weighted by Crippen LogP contribution is 2.25. The normalized spacial score (nSPS) is 10.9. The van der Waals surface area contributed by atoms with E-state index in [4.69, 9.17) is 4.74 Å². The van der Waals surface area contributed by atoms with E-state index in [1.807, 2.05) is 35.0 Å². The molecule has 0 unspecified atom stereocenters. The zero-order valence-electron chi connectivity index (χ0n) is 12.9. The number of ether oxygens (including phenoxy) is 1. The molecule has 0 bridgehead atoms. The number of hydrogen-bond donors (Lipinski definition) is 0. The Kier molecular flexibility index (Phi) is 3.87. The molecule has 0 aliphatic rings. The lowest BCUT2D eigenvalue weighted by Gasteiger charge is -2.10. The highest BCUT2D eigenvalue weighted by molar-refractivity contribution is 5.51. The van der Waals surface area contributed by atoms with Crippen LogP contribution in [-0.2, 0) is 0 Å². The number of rotatable bonds is 4. The molecule has 0 saturated heterocycles. The van der Waals surface area contributed by atoms with Gasteiger partial charge in [-0.3, -0.25) is 0 Å². The second-order valence-corrected chi connectivity index (χ2v) is 5.29. The Morgan fingerprint density at radius 2 is 1.73 bits per heavy atom. The predicted octanol–water partition coefficient (Wildman–Crippen LogP) is 3.46. The molecule has 0 saturated carbocycles. The maximum absolute atomic E-state index is 5.21. The van der Waals surface area contributed by atoms with Crippen LogP contribution < -0.4 is 4.74 Å². The summed E-state index contributed by atoms with van der Waals surface area (Å²) in [6.45, 7) is 4.29. The van der Waals surface area contributed by atoms with Crippen LogP contribution in [0.4, 0.5) is 0 Å². The minimum Gasteiger partial charge on any atom is -0.497 e. The number of methoxy groups -OCH3 is 1. The first kappa shape index (κ1) is 14.3. The van der Waals surface area contributed by atoms with Gasteiger partial charge in [-0.25, -0.2) is 14.6 Å². The summed E-state index contributed by atoms with van der Waals surface area (Å²) in [6.07, 6.45) is 3.45. The fraction of sp³-hybridized carbons (Fsp3) is 0.235. The summed E-state index contributed by atoms with van der Waals surface area (Å²) >= 11 is 0. The van der Waals surface area contributed by atoms with Crippen molar-refractivity contribution in [3.8, 4) is 23.0 Å². The Bertz CT molecular complexity index is 748. The van der Waals surface area contributed by atoms with Gasteiger partial charge in [0.2, 0.25) is 0 Å². The second kappa shape index (κ2) is 5.97. The largest absolute Gasteiger partial charge is 0.497 e. The van der Waals surface area contributed by atoms with Gasteiger partial charge >= 0.3 is 0 Å². The van der Waals surface area contributed by atoms with Crippen molar-refractivity contribution < 1.29 is 4.74 Å². The Balaban J connectivity index is 2.07. The van der Waals surface area contributed by atoms with Crippen molar-refractivity contribution in [2.75, 3.05) is 7.11 Å². The maximum atomic E-state index is 5.21. The Labute approximate surface area is 129 Å². The molecule has 0 aliphatic heterocycles. The van der Waals surface area contributed by atoms with Crippen LogP contribution in [0.3, 0.4) is 0 Å². The summed E-state index contributed by atoms with van der Waals surface area (Å²) in [7, 11) is 1.66. The monoisotopic (exact) mass is 294 g/mol. The van der Waals surface area contributed by atoms with Gasteiger partial charge in [0.05, 0.1) is 12.8 Å². The SMILES string of the molecule is COc1ccc(-n2nc(-c3ncccn3)cc2C(C)C)cc1. The second-order valence-electron chi connectivity index (χ2n) is 5.29. The minimum atomic E-state index is 0.340. The lowest BCUT2D eigenvalue weighted by atomic mass is 10.1. The summed E-state index contributed by atoms with van der Waals surface area (Å²) in [5.74, 6) is 1.80. The van der Waals surface area contributed by atoms with Gasteiger partial charge in [-0.15, -0.1) is 0 Å². The van der Waals surface area contributed by atoms with Crippen molar-refractivity contribution in [1.29, 1.82) is 0 Å². The van der Waals surface area contributed by atoms with E-state index in [2.05, 4.69) is 28.9 Å². The number of hydrogen-bond acceptors (Lipinski definition) is 4. The standard InChI is InChI=1S/C17H18N4O/c1-12(2)16-11-15(17-18-9-4-10-19-17)20-21(16)13-5-7-14(22-3)8-6-13/h4-12H,1-3H3. The Morgan fingerprint density at radius 3 is 2.32 bits per heavy atom. The van der Waals surface area contributed by atoms with Gasteiger partial charge < -0.3 is 4.74 Å². The Hall–Kier alpha value is -2.69. The molecule has 0 radical (unpaired) electrons. The van der Waals surface area contributed by atoms with Crippen LogP contribution in [0.25, 0.3) is 17.2 Å². The molecule has 0 fully saturated rings. The van der Waals surface area contributed by atoms with Crippen molar-refractivity contribution in [3.63, 3.8) is 0 Å². The molecule has 2 aromatic heterocycles. The topological polar surface area (TPSA) is 52.8 Å². The van der Waals surface area contributed by atoms with Gasteiger partial charge in [-0.1, -0.05) is 13.8 Å². The van der Waals surface area contributed by atoms with E-state index in [0.717, 1.165) is 22.8 Å². The van der Waals surface area contributed by atoms with E-state index in [9.17, 15) is 0 Å². The molecule has 5 heteroatoms. The summed E-state index contributed by atoms with van der Waals surface area (Å²) in [4.78, 5) is 8.55. The zero-order valence-corrected chi connectivity index (χ0v) is 12.9. The van der Waals surface area contributed by atoms with E-state index in [0.29, 0.717) is 11.7 Å². The third-order valence-corrected chi connectivity index (χ3v) is 3.44. The molecule has 0 N–H and O–H groups in total. The van der Waals surface area contributed by atoms with Crippen molar-refractivity contribution in [2.24, 2.45) is 0 Å². The van der Waals surface area contributed by atoms with Crippen LogP contribution in [0.2, 0.25) is 0 Å². The Morgan fingerprint density at radius 1 is 1.05 bits per heavy atom. The summed E-state index contributed by atoms with van der Waals surface area (Å²) in [6, 6.07) is 11.7. The van der Waals surface area contributed by atoms with Crippen molar-refractivity contribution in [1.82, 2.24) is 19.7 Å². The fourth-order valence-electron chi connectivity index (χ4n) is 2.28. The van der Waals surface area contributed by atoms with Crippen LogP contribution in [0.1, 0.15) is 25.5 Å². The summed E-state index contributed by atoms with van der Waals surface area (Å²) in [5.41, 5.74) is 2.89. The van der Waals surface area contributed by atoms with Gasteiger partial charge in [-0.05, 0) is 42.3 Å². The molecule has 0 atom stereocenters. The molecule has 3 aromatic rings. The van der Waals surface area contributed by atoms with Crippen LogP contribution in [0.5, 0.6) is 5.75 Å². The third-order valence-electron chi connectivity index (χ3n) is 3.44. The highest BCUT2D eigenvalue weighted by atomic mass is 16.5. The van der Waals surface area contributed by atoms with E-state index in [-0.39, 0.29) is 0 Å². The average molecular weight is 294 g/mol. The number of aromatic nitrogens is 4. The van der Waals surface area contributed by atoms with Crippen LogP contribution in [-0.4, -0.2) is 26.9 Å². The third kappa shape index (κ3) is 2.70. The fourth-order valence-corrected chi connectivity index (χ4v) is 2.28. The lowest BCUT2D eigenvalue weighted by molar-refractivity contribution is 0.414. The van der Waals surface area contributed by atoms with E-state index in [1.54, 1.807) is 25.6 Å². The van der Waals surface area contributed by atoms with Crippen LogP contribution in [0, 0.1) is 0 Å². The van der Waals surface area contributed by atoms with E-state index < -0.39 is 0 Å². The molecular formula is C17H18N4O. The number of nitrogens with zero attached hydrogens (tertiary/aromatic N) is 4. The smallest absolute Gasteiger partial charge is 0.180 e. The molecule has 5 nitrogen and oxygen atoms in total. The molecule has 1 aromatic carbocycles. The number of benzene rings is 1. The molecule has 0 amide bonds. The lowest BCUT2D eigenvalue weighted by Crippen LogP contribution is -2.03. The highest BCUT2D eigenvalue weighted by Gasteiger charge is 2.15.